The fraction of sp³-hybridized carbons (Fsp3) is 0.375. The Bertz CT molecular complexity index is 521. The summed E-state index contributed by atoms with van der Waals surface area (Å²) in [5.41, 5.74) is 5.80. The third kappa shape index (κ3) is 1.63. The quantitative estimate of drug-likeness (QED) is 0.683. The topological polar surface area (TPSA) is 0 Å². The Morgan fingerprint density at radius 3 is 2.06 bits per heavy atom. The van der Waals surface area contributed by atoms with Crippen LogP contribution in [0.1, 0.15) is 36.1 Å². The summed E-state index contributed by atoms with van der Waals surface area (Å²) in [6, 6.07) is 9.12. The van der Waals surface area contributed by atoms with Gasteiger partial charge in [0.2, 0.25) is 0 Å². The van der Waals surface area contributed by atoms with Crippen LogP contribution in [0.15, 0.2) is 24.3 Å². The summed E-state index contributed by atoms with van der Waals surface area (Å²) in [6.45, 7) is 8.92. The first-order chi connectivity index (χ1) is 7.69. The van der Waals surface area contributed by atoms with Crippen LogP contribution < -0.4 is 0 Å². The average Bonchev–Trinajstić information content (AvgIpc) is 2.32. The maximum absolute atomic E-state index is 2.30. The molecule has 0 unspecified atom stereocenters. The predicted molar refractivity (Wildman–Crippen MR) is 72.2 cm³/mol. The summed E-state index contributed by atoms with van der Waals surface area (Å²) < 4.78 is 0. The van der Waals surface area contributed by atoms with Gasteiger partial charge in [0.15, 0.2) is 0 Å². The van der Waals surface area contributed by atoms with Gasteiger partial charge in [0.05, 0.1) is 0 Å². The SMILES string of the molecule is CCc1ccc(CC)c2c(C)c(C)ccc12. The van der Waals surface area contributed by atoms with Crippen molar-refractivity contribution in [2.75, 3.05) is 0 Å². The third-order valence-electron chi connectivity index (χ3n) is 3.65. The van der Waals surface area contributed by atoms with Crippen molar-refractivity contribution in [1.29, 1.82) is 0 Å². The lowest BCUT2D eigenvalue weighted by Crippen LogP contribution is -1.93. The Hall–Kier alpha value is -1.30. The summed E-state index contributed by atoms with van der Waals surface area (Å²) in [6.07, 6.45) is 2.23. The summed E-state index contributed by atoms with van der Waals surface area (Å²) in [7, 11) is 0. The van der Waals surface area contributed by atoms with Gasteiger partial charge in [-0.05, 0) is 59.7 Å². The van der Waals surface area contributed by atoms with E-state index in [1.54, 1.807) is 0 Å². The van der Waals surface area contributed by atoms with E-state index in [1.165, 1.54) is 33.0 Å². The molecule has 0 aliphatic carbocycles. The molecule has 0 nitrogen and oxygen atoms in total. The molecule has 2 aromatic rings. The largest absolute Gasteiger partial charge is 0.0613 e. The lowest BCUT2D eigenvalue weighted by Gasteiger charge is -2.13. The third-order valence-corrected chi connectivity index (χ3v) is 3.65. The van der Waals surface area contributed by atoms with E-state index in [-0.39, 0.29) is 0 Å². The molecule has 0 heteroatoms. The van der Waals surface area contributed by atoms with Gasteiger partial charge < -0.3 is 0 Å². The van der Waals surface area contributed by atoms with E-state index in [9.17, 15) is 0 Å². The second-order valence-corrected chi connectivity index (χ2v) is 4.52. The molecule has 0 N–H and O–H groups in total. The highest BCUT2D eigenvalue weighted by atomic mass is 14.1. The summed E-state index contributed by atoms with van der Waals surface area (Å²) in [4.78, 5) is 0. The molecule has 0 bridgehead atoms. The highest BCUT2D eigenvalue weighted by molar-refractivity contribution is 5.92. The van der Waals surface area contributed by atoms with Gasteiger partial charge in [0.25, 0.3) is 0 Å². The highest BCUT2D eigenvalue weighted by Gasteiger charge is 2.07. The Labute approximate surface area is 98.3 Å². The van der Waals surface area contributed by atoms with Crippen LogP contribution in [0.5, 0.6) is 0 Å². The van der Waals surface area contributed by atoms with Crippen LogP contribution >= 0.6 is 0 Å². The fourth-order valence-corrected chi connectivity index (χ4v) is 2.47. The summed E-state index contributed by atoms with van der Waals surface area (Å²) >= 11 is 0. The Balaban J connectivity index is 2.90. The minimum absolute atomic E-state index is 1.11. The summed E-state index contributed by atoms with van der Waals surface area (Å²) in [5, 5.41) is 2.94. The first-order valence-electron chi connectivity index (χ1n) is 6.19. The van der Waals surface area contributed by atoms with Gasteiger partial charge in [-0.1, -0.05) is 38.1 Å². The molecule has 0 heterocycles. The molecule has 16 heavy (non-hydrogen) atoms. The molecule has 0 atom stereocenters. The molecular formula is C16H20. The first-order valence-corrected chi connectivity index (χ1v) is 6.19. The second-order valence-electron chi connectivity index (χ2n) is 4.52. The molecule has 0 fully saturated rings. The van der Waals surface area contributed by atoms with Crippen molar-refractivity contribution in [3.05, 3.63) is 46.5 Å². The molecule has 2 aromatic carbocycles. The maximum atomic E-state index is 2.30. The Morgan fingerprint density at radius 1 is 0.812 bits per heavy atom. The number of benzene rings is 2. The molecule has 0 spiro atoms. The van der Waals surface area contributed by atoms with E-state index >= 15 is 0 Å². The monoisotopic (exact) mass is 212 g/mol. The molecule has 0 saturated carbocycles. The Kier molecular flexibility index (Phi) is 3.00. The second kappa shape index (κ2) is 4.29. The molecule has 0 aliphatic heterocycles. The minimum atomic E-state index is 1.11. The van der Waals surface area contributed by atoms with Gasteiger partial charge >= 0.3 is 0 Å². The van der Waals surface area contributed by atoms with Crippen LogP contribution in [-0.4, -0.2) is 0 Å². The van der Waals surface area contributed by atoms with Crippen LogP contribution in [0.3, 0.4) is 0 Å². The molecular weight excluding hydrogens is 192 g/mol. The van der Waals surface area contributed by atoms with Gasteiger partial charge in [0, 0.05) is 0 Å². The number of fused-ring (bicyclic) bond motifs is 1. The fourth-order valence-electron chi connectivity index (χ4n) is 2.47. The number of hydrogen-bond donors (Lipinski definition) is 0. The van der Waals surface area contributed by atoms with E-state index in [1.807, 2.05) is 0 Å². The molecule has 0 radical (unpaired) electrons. The summed E-state index contributed by atoms with van der Waals surface area (Å²) in [5.74, 6) is 0. The molecule has 0 aromatic heterocycles. The van der Waals surface area contributed by atoms with Crippen molar-refractivity contribution in [2.45, 2.75) is 40.5 Å². The number of hydrogen-bond acceptors (Lipinski definition) is 0. The van der Waals surface area contributed by atoms with Crippen LogP contribution in [0.25, 0.3) is 10.8 Å². The standard InChI is InChI=1S/C16H20/c1-5-13-8-9-14(6-2)16-12(4)11(3)7-10-15(13)16/h7-10H,5-6H2,1-4H3. The van der Waals surface area contributed by atoms with Crippen molar-refractivity contribution in [3.8, 4) is 0 Å². The van der Waals surface area contributed by atoms with Gasteiger partial charge in [-0.15, -0.1) is 0 Å². The zero-order chi connectivity index (χ0) is 11.7. The number of aryl methyl sites for hydroxylation is 4. The zero-order valence-electron chi connectivity index (χ0n) is 10.7. The van der Waals surface area contributed by atoms with E-state index in [0.29, 0.717) is 0 Å². The van der Waals surface area contributed by atoms with Crippen molar-refractivity contribution >= 4 is 10.8 Å². The highest BCUT2D eigenvalue weighted by Crippen LogP contribution is 2.28. The van der Waals surface area contributed by atoms with Gasteiger partial charge in [-0.25, -0.2) is 0 Å². The first kappa shape index (κ1) is 11.2. The van der Waals surface area contributed by atoms with Crippen LogP contribution in [-0.2, 0) is 12.8 Å². The predicted octanol–water partition coefficient (Wildman–Crippen LogP) is 4.58. The maximum Gasteiger partial charge on any atom is -0.0117 e. The van der Waals surface area contributed by atoms with Gasteiger partial charge in [0.1, 0.15) is 0 Å². The van der Waals surface area contributed by atoms with E-state index < -0.39 is 0 Å². The molecule has 0 amide bonds. The van der Waals surface area contributed by atoms with Crippen LogP contribution in [0, 0.1) is 13.8 Å². The molecule has 84 valence electrons. The normalized spacial score (nSPS) is 11.0. The Morgan fingerprint density at radius 2 is 1.44 bits per heavy atom. The molecule has 0 saturated heterocycles. The van der Waals surface area contributed by atoms with Crippen molar-refractivity contribution in [2.24, 2.45) is 0 Å². The van der Waals surface area contributed by atoms with Crippen molar-refractivity contribution < 1.29 is 0 Å². The van der Waals surface area contributed by atoms with Gasteiger partial charge in [-0.3, -0.25) is 0 Å². The van der Waals surface area contributed by atoms with Crippen molar-refractivity contribution in [1.82, 2.24) is 0 Å². The molecule has 0 aliphatic rings. The lowest BCUT2D eigenvalue weighted by atomic mass is 9.92. The average molecular weight is 212 g/mol. The molecule has 2 rings (SSSR count). The van der Waals surface area contributed by atoms with E-state index in [0.717, 1.165) is 12.8 Å². The van der Waals surface area contributed by atoms with Crippen molar-refractivity contribution in [3.63, 3.8) is 0 Å². The number of rotatable bonds is 2. The van der Waals surface area contributed by atoms with E-state index in [2.05, 4.69) is 52.0 Å². The lowest BCUT2D eigenvalue weighted by molar-refractivity contribution is 1.12. The van der Waals surface area contributed by atoms with Crippen LogP contribution in [0.4, 0.5) is 0 Å². The van der Waals surface area contributed by atoms with Crippen LogP contribution in [0.2, 0.25) is 0 Å². The van der Waals surface area contributed by atoms with E-state index in [4.69, 9.17) is 0 Å². The zero-order valence-corrected chi connectivity index (χ0v) is 10.7. The smallest absolute Gasteiger partial charge is 0.0117 e. The minimum Gasteiger partial charge on any atom is -0.0613 e. The van der Waals surface area contributed by atoms with Gasteiger partial charge in [-0.2, -0.15) is 0 Å².